The zero-order chi connectivity index (χ0) is 22.7. The monoisotopic (exact) mass is 456 g/mol. The number of thioether (sulfide) groups is 1. The van der Waals surface area contributed by atoms with E-state index >= 15 is 0 Å². The summed E-state index contributed by atoms with van der Waals surface area (Å²) in [6, 6.07) is 6.31. The van der Waals surface area contributed by atoms with Crippen LogP contribution in [0.3, 0.4) is 0 Å². The van der Waals surface area contributed by atoms with Gasteiger partial charge in [0.05, 0.1) is 18.0 Å². The highest BCUT2D eigenvalue weighted by atomic mass is 32.2. The molecule has 0 unspecified atom stereocenters. The van der Waals surface area contributed by atoms with E-state index in [2.05, 4.69) is 47.1 Å². The Balaban J connectivity index is 1.31. The number of benzene rings is 1. The van der Waals surface area contributed by atoms with Crippen LogP contribution < -0.4 is 0 Å². The summed E-state index contributed by atoms with van der Waals surface area (Å²) in [5.41, 5.74) is 3.37. The van der Waals surface area contributed by atoms with Gasteiger partial charge in [-0.2, -0.15) is 0 Å². The van der Waals surface area contributed by atoms with E-state index in [4.69, 9.17) is 0 Å². The number of likely N-dealkylation sites (tertiary alicyclic amines) is 1. The van der Waals surface area contributed by atoms with Crippen molar-refractivity contribution in [1.82, 2.24) is 29.5 Å². The molecule has 0 aliphatic carbocycles. The molecule has 9 heteroatoms. The van der Waals surface area contributed by atoms with Gasteiger partial charge in [-0.05, 0) is 50.8 Å². The molecule has 0 saturated carbocycles. The third-order valence-corrected chi connectivity index (χ3v) is 7.18. The molecule has 2 aliphatic rings. The van der Waals surface area contributed by atoms with Crippen molar-refractivity contribution < 1.29 is 9.59 Å². The Hall–Kier alpha value is -2.39. The Morgan fingerprint density at radius 1 is 0.906 bits per heavy atom. The Kier molecular flexibility index (Phi) is 7.15. The second-order valence-electron chi connectivity index (χ2n) is 8.69. The molecule has 172 valence electrons. The predicted molar refractivity (Wildman–Crippen MR) is 125 cm³/mol. The van der Waals surface area contributed by atoms with E-state index in [1.54, 1.807) is 0 Å². The largest absolute Gasteiger partial charge is 0.342 e. The summed E-state index contributed by atoms with van der Waals surface area (Å²) in [6.07, 6.45) is 2.23. The molecule has 4 rings (SSSR count). The molecule has 8 nitrogen and oxygen atoms in total. The first-order valence-corrected chi connectivity index (χ1v) is 12.3. The van der Waals surface area contributed by atoms with Gasteiger partial charge in [0.15, 0.2) is 5.16 Å². The first kappa shape index (κ1) is 22.8. The van der Waals surface area contributed by atoms with E-state index < -0.39 is 0 Å². The molecule has 0 atom stereocenters. The van der Waals surface area contributed by atoms with Gasteiger partial charge in [-0.3, -0.25) is 19.1 Å². The molecule has 0 bridgehead atoms. The van der Waals surface area contributed by atoms with Crippen LogP contribution in [0.15, 0.2) is 23.4 Å². The van der Waals surface area contributed by atoms with Crippen LogP contribution in [0, 0.1) is 20.8 Å². The number of piperazine rings is 1. The van der Waals surface area contributed by atoms with Crippen molar-refractivity contribution in [3.05, 3.63) is 35.2 Å². The summed E-state index contributed by atoms with van der Waals surface area (Å²) < 4.78 is 2.03. The minimum absolute atomic E-state index is 0.105. The Morgan fingerprint density at radius 2 is 1.59 bits per heavy atom. The molecular weight excluding hydrogens is 424 g/mol. The van der Waals surface area contributed by atoms with Crippen LogP contribution in [0.25, 0.3) is 5.69 Å². The number of aromatic nitrogens is 3. The lowest BCUT2D eigenvalue weighted by Gasteiger charge is -2.35. The van der Waals surface area contributed by atoms with Crippen molar-refractivity contribution in [3.8, 4) is 5.69 Å². The molecule has 3 heterocycles. The highest BCUT2D eigenvalue weighted by molar-refractivity contribution is 7.99. The maximum Gasteiger partial charge on any atom is 0.236 e. The van der Waals surface area contributed by atoms with Gasteiger partial charge in [-0.15, -0.1) is 10.2 Å². The Bertz CT molecular complexity index is 977. The van der Waals surface area contributed by atoms with Gasteiger partial charge >= 0.3 is 0 Å². The number of carbonyl (C=O) groups is 2. The normalized spacial score (nSPS) is 17.2. The van der Waals surface area contributed by atoms with Crippen LogP contribution in [-0.4, -0.2) is 92.8 Å². The highest BCUT2D eigenvalue weighted by Gasteiger charge is 2.26. The highest BCUT2D eigenvalue weighted by Crippen LogP contribution is 2.25. The zero-order valence-corrected chi connectivity index (χ0v) is 20.0. The topological polar surface area (TPSA) is 74.6 Å². The van der Waals surface area contributed by atoms with Gasteiger partial charge in [0.1, 0.15) is 5.82 Å². The maximum absolute atomic E-state index is 12.8. The Labute approximate surface area is 194 Å². The van der Waals surface area contributed by atoms with Crippen molar-refractivity contribution in [2.75, 3.05) is 51.6 Å². The van der Waals surface area contributed by atoms with E-state index in [1.807, 2.05) is 21.3 Å². The average Bonchev–Trinajstić information content (AvgIpc) is 3.44. The van der Waals surface area contributed by atoms with Gasteiger partial charge in [0.25, 0.3) is 0 Å². The quantitative estimate of drug-likeness (QED) is 0.620. The molecule has 0 radical (unpaired) electrons. The summed E-state index contributed by atoms with van der Waals surface area (Å²) in [5, 5.41) is 9.30. The van der Waals surface area contributed by atoms with Crippen LogP contribution in [0.5, 0.6) is 0 Å². The third-order valence-electron chi connectivity index (χ3n) is 6.27. The van der Waals surface area contributed by atoms with E-state index in [1.165, 1.54) is 17.3 Å². The summed E-state index contributed by atoms with van der Waals surface area (Å²) in [4.78, 5) is 31.2. The van der Waals surface area contributed by atoms with E-state index in [-0.39, 0.29) is 11.8 Å². The second kappa shape index (κ2) is 10.0. The van der Waals surface area contributed by atoms with Crippen molar-refractivity contribution in [2.45, 2.75) is 38.8 Å². The molecule has 0 spiro atoms. The van der Waals surface area contributed by atoms with Crippen molar-refractivity contribution >= 4 is 23.6 Å². The number of hydrogen-bond acceptors (Lipinski definition) is 6. The minimum atomic E-state index is 0.105. The molecule has 1 aromatic carbocycles. The summed E-state index contributed by atoms with van der Waals surface area (Å²) in [7, 11) is 0. The number of hydrogen-bond donors (Lipinski definition) is 0. The molecule has 32 heavy (non-hydrogen) atoms. The molecule has 2 fully saturated rings. The van der Waals surface area contributed by atoms with E-state index in [9.17, 15) is 9.59 Å². The van der Waals surface area contributed by atoms with Gasteiger partial charge in [-0.1, -0.05) is 23.9 Å². The smallest absolute Gasteiger partial charge is 0.236 e. The predicted octanol–water partition coefficient (Wildman–Crippen LogP) is 2.05. The van der Waals surface area contributed by atoms with E-state index in [0.717, 1.165) is 61.3 Å². The van der Waals surface area contributed by atoms with Crippen LogP contribution in [0.2, 0.25) is 0 Å². The van der Waals surface area contributed by atoms with Gasteiger partial charge < -0.3 is 9.80 Å². The second-order valence-corrected chi connectivity index (χ2v) is 9.63. The SMILES string of the molecule is Cc1ccc(C)c(-n2c(C)nnc2SCC(=O)N2CCN(CC(=O)N3CCCC3)CC2)c1. The average molecular weight is 457 g/mol. The molecule has 2 saturated heterocycles. The third kappa shape index (κ3) is 5.15. The summed E-state index contributed by atoms with van der Waals surface area (Å²) >= 11 is 1.43. The summed E-state index contributed by atoms with van der Waals surface area (Å²) in [5.74, 6) is 1.47. The standard InChI is InChI=1S/C23H32N6O2S/c1-17-6-7-18(2)20(14-17)29-19(3)24-25-23(29)32-16-22(31)28-12-10-26(11-13-28)15-21(30)27-8-4-5-9-27/h6-7,14H,4-5,8-13,15-16H2,1-3H3. The minimum Gasteiger partial charge on any atom is -0.342 e. The first-order valence-electron chi connectivity index (χ1n) is 11.3. The number of amides is 2. The molecule has 2 amide bonds. The number of rotatable bonds is 6. The molecule has 2 aliphatic heterocycles. The van der Waals surface area contributed by atoms with Gasteiger partial charge in [-0.25, -0.2) is 0 Å². The fourth-order valence-corrected chi connectivity index (χ4v) is 5.20. The van der Waals surface area contributed by atoms with Crippen LogP contribution in [0.1, 0.15) is 29.8 Å². The molecule has 0 N–H and O–H groups in total. The summed E-state index contributed by atoms with van der Waals surface area (Å²) in [6.45, 7) is 11.1. The van der Waals surface area contributed by atoms with Crippen molar-refractivity contribution in [2.24, 2.45) is 0 Å². The van der Waals surface area contributed by atoms with Crippen LogP contribution in [-0.2, 0) is 9.59 Å². The first-order chi connectivity index (χ1) is 15.4. The Morgan fingerprint density at radius 3 is 2.31 bits per heavy atom. The fourth-order valence-electron chi connectivity index (χ4n) is 4.30. The fraction of sp³-hybridized carbons (Fsp3) is 0.565. The van der Waals surface area contributed by atoms with Crippen molar-refractivity contribution in [3.63, 3.8) is 0 Å². The molecule has 2 aromatic rings. The lowest BCUT2D eigenvalue weighted by molar-refractivity contribution is -0.133. The molecule has 1 aromatic heterocycles. The number of nitrogens with zero attached hydrogens (tertiary/aromatic N) is 6. The maximum atomic E-state index is 12.8. The van der Waals surface area contributed by atoms with Crippen molar-refractivity contribution in [1.29, 1.82) is 0 Å². The number of aryl methyl sites for hydroxylation is 3. The van der Waals surface area contributed by atoms with Crippen LogP contribution in [0.4, 0.5) is 0 Å². The van der Waals surface area contributed by atoms with Gasteiger partial charge in [0.2, 0.25) is 11.8 Å². The molecular formula is C23H32N6O2S. The lowest BCUT2D eigenvalue weighted by atomic mass is 10.1. The van der Waals surface area contributed by atoms with Crippen LogP contribution >= 0.6 is 11.8 Å². The van der Waals surface area contributed by atoms with Gasteiger partial charge in [0, 0.05) is 39.3 Å². The number of carbonyl (C=O) groups excluding carboxylic acids is 2. The zero-order valence-electron chi connectivity index (χ0n) is 19.2. The lowest BCUT2D eigenvalue weighted by Crippen LogP contribution is -2.51. The van der Waals surface area contributed by atoms with E-state index in [0.29, 0.717) is 25.4 Å².